The summed E-state index contributed by atoms with van der Waals surface area (Å²) in [6.45, 7) is 0.289. The number of hydrogen-bond acceptors (Lipinski definition) is 4. The third-order valence-electron chi connectivity index (χ3n) is 2.79. The summed E-state index contributed by atoms with van der Waals surface area (Å²) < 4.78 is 0. The average Bonchev–Trinajstić information content (AvgIpc) is 2.37. The second-order valence-corrected chi connectivity index (χ2v) is 5.65. The van der Waals surface area contributed by atoms with Gasteiger partial charge in [0.2, 0.25) is 0 Å². The molecule has 0 radical (unpaired) electrons. The lowest BCUT2D eigenvalue weighted by atomic mass is 10.2. The first-order chi connectivity index (χ1) is 8.63. The maximum atomic E-state index is 11.5. The summed E-state index contributed by atoms with van der Waals surface area (Å²) in [6.07, 6.45) is 3.51. The number of carboxylic acid groups (broad SMARTS) is 1. The highest BCUT2D eigenvalue weighted by Gasteiger charge is 2.20. The van der Waals surface area contributed by atoms with E-state index in [0.717, 1.165) is 12.2 Å². The largest absolute Gasteiger partial charge is 0.480 e. The van der Waals surface area contributed by atoms with Gasteiger partial charge in [0.25, 0.3) is 0 Å². The van der Waals surface area contributed by atoms with E-state index in [1.807, 2.05) is 11.8 Å². The van der Waals surface area contributed by atoms with Crippen LogP contribution >= 0.6 is 11.8 Å². The number of urea groups is 1. The molecule has 0 spiro atoms. The number of amides is 2. The van der Waals surface area contributed by atoms with Crippen LogP contribution in [-0.2, 0) is 4.79 Å². The normalized spacial score (nSPS) is 21.1. The van der Waals surface area contributed by atoms with Crippen LogP contribution in [0.25, 0.3) is 0 Å². The lowest BCUT2D eigenvalue weighted by molar-refractivity contribution is -0.139. The van der Waals surface area contributed by atoms with Crippen molar-refractivity contribution >= 4 is 23.8 Å². The van der Waals surface area contributed by atoms with Gasteiger partial charge in [-0.15, -0.1) is 0 Å². The second-order valence-electron chi connectivity index (χ2n) is 4.25. The Morgan fingerprint density at radius 3 is 2.72 bits per heavy atom. The maximum Gasteiger partial charge on any atom is 0.326 e. The number of thioether (sulfide) groups is 1. The molecule has 0 aromatic heterocycles. The summed E-state index contributed by atoms with van der Waals surface area (Å²) in [4.78, 5) is 22.3. The molecule has 1 rings (SSSR count). The molecule has 2 unspecified atom stereocenters. The van der Waals surface area contributed by atoms with Gasteiger partial charge in [-0.05, 0) is 18.6 Å². The van der Waals surface area contributed by atoms with Crippen molar-refractivity contribution in [2.24, 2.45) is 0 Å². The molecule has 1 aliphatic rings. The SMILES string of the molecule is O=C(NCC1CCCCS1)NC(CCO)C(=O)O. The van der Waals surface area contributed by atoms with Crippen molar-refractivity contribution in [2.45, 2.75) is 37.0 Å². The van der Waals surface area contributed by atoms with E-state index in [2.05, 4.69) is 10.6 Å². The molecule has 2 atom stereocenters. The molecule has 0 bridgehead atoms. The van der Waals surface area contributed by atoms with Gasteiger partial charge in [-0.25, -0.2) is 9.59 Å². The minimum atomic E-state index is -1.13. The predicted octanol–water partition coefficient (Wildman–Crippen LogP) is 0.407. The van der Waals surface area contributed by atoms with Crippen LogP contribution < -0.4 is 10.6 Å². The van der Waals surface area contributed by atoms with Crippen LogP contribution in [0.2, 0.25) is 0 Å². The van der Waals surface area contributed by atoms with Gasteiger partial charge in [0.05, 0.1) is 0 Å². The summed E-state index contributed by atoms with van der Waals surface area (Å²) in [5.74, 6) is -0.0119. The monoisotopic (exact) mass is 276 g/mol. The molecule has 0 aliphatic carbocycles. The number of carbonyl (C=O) groups excluding carboxylic acids is 1. The van der Waals surface area contributed by atoms with E-state index < -0.39 is 18.0 Å². The number of carbonyl (C=O) groups is 2. The zero-order valence-corrected chi connectivity index (χ0v) is 11.0. The van der Waals surface area contributed by atoms with Crippen LogP contribution in [0.15, 0.2) is 0 Å². The number of aliphatic hydroxyl groups is 1. The highest BCUT2D eigenvalue weighted by molar-refractivity contribution is 7.99. The molecule has 1 saturated heterocycles. The van der Waals surface area contributed by atoms with Crippen molar-refractivity contribution < 1.29 is 19.8 Å². The van der Waals surface area contributed by atoms with Crippen molar-refractivity contribution in [3.8, 4) is 0 Å². The van der Waals surface area contributed by atoms with Gasteiger partial charge in [0.1, 0.15) is 6.04 Å². The summed E-state index contributed by atoms with van der Waals surface area (Å²) in [7, 11) is 0. The molecule has 0 aromatic carbocycles. The zero-order chi connectivity index (χ0) is 13.4. The summed E-state index contributed by atoms with van der Waals surface area (Å²) >= 11 is 1.84. The summed E-state index contributed by atoms with van der Waals surface area (Å²) in [5.41, 5.74) is 0. The van der Waals surface area contributed by atoms with Crippen molar-refractivity contribution in [3.63, 3.8) is 0 Å². The van der Waals surface area contributed by atoms with Crippen LogP contribution in [0.1, 0.15) is 25.7 Å². The zero-order valence-electron chi connectivity index (χ0n) is 10.2. The minimum absolute atomic E-state index is 0.0148. The maximum absolute atomic E-state index is 11.5. The van der Waals surface area contributed by atoms with Crippen molar-refractivity contribution in [1.82, 2.24) is 10.6 Å². The van der Waals surface area contributed by atoms with Crippen LogP contribution in [0.4, 0.5) is 4.79 Å². The second kappa shape index (κ2) is 8.20. The van der Waals surface area contributed by atoms with Gasteiger partial charge >= 0.3 is 12.0 Å². The Balaban J connectivity index is 2.24. The lowest BCUT2D eigenvalue weighted by Crippen LogP contribution is -2.47. The van der Waals surface area contributed by atoms with E-state index in [1.54, 1.807) is 0 Å². The molecule has 18 heavy (non-hydrogen) atoms. The molecule has 4 N–H and O–H groups in total. The molecule has 6 nitrogen and oxygen atoms in total. The number of aliphatic carboxylic acids is 1. The average molecular weight is 276 g/mol. The van der Waals surface area contributed by atoms with E-state index >= 15 is 0 Å². The Labute approximate surface area is 111 Å². The number of rotatable bonds is 6. The highest BCUT2D eigenvalue weighted by Crippen LogP contribution is 2.24. The van der Waals surface area contributed by atoms with Crippen LogP contribution in [-0.4, -0.2) is 52.4 Å². The minimum Gasteiger partial charge on any atom is -0.480 e. The molecular formula is C11H20N2O4S. The standard InChI is InChI=1S/C11H20N2O4S/c14-5-4-9(10(15)16)13-11(17)12-7-8-3-1-2-6-18-8/h8-9,14H,1-7H2,(H,15,16)(H2,12,13,17). The van der Waals surface area contributed by atoms with Crippen molar-refractivity contribution in [2.75, 3.05) is 18.9 Å². The van der Waals surface area contributed by atoms with E-state index in [0.29, 0.717) is 11.8 Å². The first-order valence-corrected chi connectivity index (χ1v) is 7.18. The third kappa shape index (κ3) is 5.59. The Bertz CT molecular complexity index is 282. The lowest BCUT2D eigenvalue weighted by Gasteiger charge is -2.22. The Morgan fingerprint density at radius 1 is 1.39 bits per heavy atom. The van der Waals surface area contributed by atoms with Crippen LogP contribution in [0.3, 0.4) is 0 Å². The first kappa shape index (κ1) is 15.1. The first-order valence-electron chi connectivity index (χ1n) is 6.13. The highest BCUT2D eigenvalue weighted by atomic mass is 32.2. The van der Waals surface area contributed by atoms with Gasteiger partial charge in [-0.3, -0.25) is 0 Å². The Morgan fingerprint density at radius 2 is 2.17 bits per heavy atom. The fourth-order valence-corrected chi connectivity index (χ4v) is 3.01. The Kier molecular flexibility index (Phi) is 6.89. The van der Waals surface area contributed by atoms with Gasteiger partial charge in [-0.1, -0.05) is 6.42 Å². The molecule has 0 aromatic rings. The van der Waals surface area contributed by atoms with Gasteiger partial charge in [-0.2, -0.15) is 11.8 Å². The summed E-state index contributed by atoms with van der Waals surface area (Å²) in [6, 6.07) is -1.52. The topological polar surface area (TPSA) is 98.7 Å². The summed E-state index contributed by atoms with van der Waals surface area (Å²) in [5, 5.41) is 22.9. The van der Waals surface area contributed by atoms with Crippen LogP contribution in [0.5, 0.6) is 0 Å². The molecule has 1 fully saturated rings. The van der Waals surface area contributed by atoms with E-state index in [9.17, 15) is 9.59 Å². The van der Waals surface area contributed by atoms with Crippen molar-refractivity contribution in [3.05, 3.63) is 0 Å². The van der Waals surface area contributed by atoms with Gasteiger partial charge < -0.3 is 20.8 Å². The smallest absolute Gasteiger partial charge is 0.326 e. The third-order valence-corrected chi connectivity index (χ3v) is 4.18. The molecule has 2 amide bonds. The quantitative estimate of drug-likeness (QED) is 0.563. The van der Waals surface area contributed by atoms with Crippen molar-refractivity contribution in [1.29, 1.82) is 0 Å². The predicted molar refractivity (Wildman–Crippen MR) is 69.8 cm³/mol. The molecule has 7 heteroatoms. The van der Waals surface area contributed by atoms with Crippen LogP contribution in [0, 0.1) is 0 Å². The number of aliphatic hydroxyl groups excluding tert-OH is 1. The fraction of sp³-hybridized carbons (Fsp3) is 0.818. The van der Waals surface area contributed by atoms with E-state index in [1.165, 1.54) is 12.8 Å². The molecule has 1 aliphatic heterocycles. The van der Waals surface area contributed by atoms with Gasteiger partial charge in [0.15, 0.2) is 0 Å². The number of nitrogens with one attached hydrogen (secondary N) is 2. The molecular weight excluding hydrogens is 256 g/mol. The molecule has 0 saturated carbocycles. The number of carboxylic acids is 1. The van der Waals surface area contributed by atoms with E-state index in [4.69, 9.17) is 10.2 Å². The Hall–Kier alpha value is -0.950. The van der Waals surface area contributed by atoms with E-state index in [-0.39, 0.29) is 13.0 Å². The fourth-order valence-electron chi connectivity index (χ4n) is 1.77. The molecule has 104 valence electrons. The van der Waals surface area contributed by atoms with Gasteiger partial charge in [0, 0.05) is 24.8 Å². The molecule has 1 heterocycles. The number of hydrogen-bond donors (Lipinski definition) is 4.